The quantitative estimate of drug-likeness (QED) is 0.653. The Morgan fingerprint density at radius 2 is 1.54 bits per heavy atom. The molecule has 0 aliphatic heterocycles. The van der Waals surface area contributed by atoms with Crippen molar-refractivity contribution in [2.75, 3.05) is 0 Å². The fourth-order valence-electron chi connectivity index (χ4n) is 5.87. The molecule has 5 rings (SSSR count). The molecule has 0 amide bonds. The van der Waals surface area contributed by atoms with Crippen LogP contribution in [0.1, 0.15) is 64.5 Å². The maximum Gasteiger partial charge on any atom is 0.310 e. The van der Waals surface area contributed by atoms with Crippen LogP contribution in [0.25, 0.3) is 0 Å². The second-order valence-electron chi connectivity index (χ2n) is 9.21. The molecule has 0 heterocycles. The average molecular weight is 385 g/mol. The first-order valence-corrected chi connectivity index (χ1v) is 10.9. The molecule has 1 aromatic carbocycles. The van der Waals surface area contributed by atoms with Crippen LogP contribution in [0, 0.1) is 35.5 Å². The van der Waals surface area contributed by atoms with Crippen LogP contribution in [0.15, 0.2) is 30.3 Å². The summed E-state index contributed by atoms with van der Waals surface area (Å²) in [6.45, 7) is 5.92. The Bertz CT molecular complexity index is 683. The molecule has 0 N–H and O–H groups in total. The molecule has 4 aliphatic carbocycles. The third-order valence-electron chi connectivity index (χ3n) is 7.47. The zero-order valence-electron chi connectivity index (χ0n) is 17.2. The van der Waals surface area contributed by atoms with Gasteiger partial charge in [-0.15, -0.1) is 0 Å². The van der Waals surface area contributed by atoms with E-state index < -0.39 is 0 Å². The van der Waals surface area contributed by atoms with E-state index in [9.17, 15) is 9.59 Å². The number of benzene rings is 1. The van der Waals surface area contributed by atoms with E-state index in [1.807, 2.05) is 51.1 Å². The maximum atomic E-state index is 13.0. The van der Waals surface area contributed by atoms with Crippen molar-refractivity contribution in [3.8, 4) is 0 Å². The first-order valence-electron chi connectivity index (χ1n) is 10.9. The summed E-state index contributed by atoms with van der Waals surface area (Å²) >= 11 is 0. The highest BCUT2D eigenvalue weighted by atomic mass is 16.5. The number of hydrogen-bond acceptors (Lipinski definition) is 4. The fourth-order valence-corrected chi connectivity index (χ4v) is 5.87. The first-order chi connectivity index (χ1) is 13.5. The summed E-state index contributed by atoms with van der Waals surface area (Å²) in [5.74, 6) is 1.53. The summed E-state index contributed by atoms with van der Waals surface area (Å²) in [4.78, 5) is 25.3. The highest BCUT2D eigenvalue weighted by molar-refractivity contribution is 5.74. The summed E-state index contributed by atoms with van der Waals surface area (Å²) in [5, 5.41) is 0. The van der Waals surface area contributed by atoms with Crippen LogP contribution in [-0.4, -0.2) is 18.0 Å². The molecule has 4 fully saturated rings. The van der Waals surface area contributed by atoms with Crippen LogP contribution in [0.4, 0.5) is 0 Å². The maximum absolute atomic E-state index is 13.0. The SMILES string of the molecule is CCC(C)C(=O)OC1C2CC3CC1CC(C2)C3C(=O)OC(C)c1ccccc1. The summed E-state index contributed by atoms with van der Waals surface area (Å²) < 4.78 is 11.8. The van der Waals surface area contributed by atoms with Gasteiger partial charge in [0.25, 0.3) is 0 Å². The fraction of sp³-hybridized carbons (Fsp3) is 0.667. The predicted octanol–water partition coefficient (Wildman–Crippen LogP) is 4.93. The zero-order valence-corrected chi connectivity index (χ0v) is 17.2. The van der Waals surface area contributed by atoms with Gasteiger partial charge in [0.05, 0.1) is 11.8 Å². The van der Waals surface area contributed by atoms with E-state index in [2.05, 4.69) is 0 Å². The van der Waals surface area contributed by atoms with Gasteiger partial charge in [-0.2, -0.15) is 0 Å². The monoisotopic (exact) mass is 384 g/mol. The number of rotatable bonds is 6. The normalized spacial score (nSPS) is 35.2. The summed E-state index contributed by atoms with van der Waals surface area (Å²) in [7, 11) is 0. The van der Waals surface area contributed by atoms with E-state index >= 15 is 0 Å². The average Bonchev–Trinajstić information content (AvgIpc) is 2.69. The smallest absolute Gasteiger partial charge is 0.310 e. The number of hydrogen-bond donors (Lipinski definition) is 0. The van der Waals surface area contributed by atoms with Gasteiger partial charge in [0.1, 0.15) is 12.2 Å². The van der Waals surface area contributed by atoms with Crippen molar-refractivity contribution in [2.45, 2.75) is 65.1 Å². The molecule has 4 saturated carbocycles. The Hall–Kier alpha value is -1.84. The Morgan fingerprint density at radius 1 is 0.964 bits per heavy atom. The van der Waals surface area contributed by atoms with Crippen molar-refractivity contribution in [2.24, 2.45) is 35.5 Å². The number of carbonyl (C=O) groups excluding carboxylic acids is 2. The zero-order chi connectivity index (χ0) is 19.8. The number of carbonyl (C=O) groups is 2. The van der Waals surface area contributed by atoms with Gasteiger partial charge >= 0.3 is 11.9 Å². The second kappa shape index (κ2) is 7.88. The number of esters is 2. The molecular formula is C24H32O4. The molecule has 2 unspecified atom stereocenters. The molecule has 4 heteroatoms. The van der Waals surface area contributed by atoms with Gasteiger partial charge in [0.2, 0.25) is 0 Å². The lowest BCUT2D eigenvalue weighted by Gasteiger charge is -2.56. The Balaban J connectivity index is 1.39. The molecule has 0 aromatic heterocycles. The van der Waals surface area contributed by atoms with E-state index in [1.54, 1.807) is 0 Å². The van der Waals surface area contributed by atoms with Gasteiger partial charge in [0.15, 0.2) is 0 Å². The molecular weight excluding hydrogens is 352 g/mol. The highest BCUT2D eigenvalue weighted by Crippen LogP contribution is 2.58. The van der Waals surface area contributed by atoms with Crippen molar-refractivity contribution in [3.63, 3.8) is 0 Å². The molecule has 4 bridgehead atoms. The van der Waals surface area contributed by atoms with E-state index in [1.165, 1.54) is 0 Å². The number of ether oxygens (including phenoxy) is 2. The van der Waals surface area contributed by atoms with E-state index in [4.69, 9.17) is 9.47 Å². The van der Waals surface area contributed by atoms with Crippen LogP contribution in [0.3, 0.4) is 0 Å². The molecule has 0 saturated heterocycles. The minimum atomic E-state index is -0.213. The Labute approximate surface area is 168 Å². The predicted molar refractivity (Wildman–Crippen MR) is 106 cm³/mol. The second-order valence-corrected chi connectivity index (χ2v) is 9.21. The van der Waals surface area contributed by atoms with Crippen LogP contribution in [-0.2, 0) is 19.1 Å². The molecule has 2 atom stereocenters. The third-order valence-corrected chi connectivity index (χ3v) is 7.47. The summed E-state index contributed by atoms with van der Waals surface area (Å²) in [5.41, 5.74) is 1.04. The van der Waals surface area contributed by atoms with Gasteiger partial charge in [-0.25, -0.2) is 0 Å². The third kappa shape index (κ3) is 3.58. The molecule has 4 nitrogen and oxygen atoms in total. The van der Waals surface area contributed by atoms with Gasteiger partial charge in [0, 0.05) is 0 Å². The molecule has 0 radical (unpaired) electrons. The lowest BCUT2D eigenvalue weighted by Crippen LogP contribution is -2.56. The topological polar surface area (TPSA) is 52.6 Å². The lowest BCUT2D eigenvalue weighted by molar-refractivity contribution is -0.191. The van der Waals surface area contributed by atoms with Gasteiger partial charge in [-0.3, -0.25) is 9.59 Å². The Morgan fingerprint density at radius 3 is 2.07 bits per heavy atom. The van der Waals surface area contributed by atoms with E-state index in [0.29, 0.717) is 23.7 Å². The minimum Gasteiger partial charge on any atom is -0.462 e. The van der Waals surface area contributed by atoms with Crippen molar-refractivity contribution >= 4 is 11.9 Å². The van der Waals surface area contributed by atoms with Crippen molar-refractivity contribution in [1.82, 2.24) is 0 Å². The van der Waals surface area contributed by atoms with Gasteiger partial charge in [-0.05, 0) is 68.3 Å². The minimum absolute atomic E-state index is 0.0184. The molecule has 0 spiro atoms. The molecule has 152 valence electrons. The van der Waals surface area contributed by atoms with Gasteiger partial charge < -0.3 is 9.47 Å². The largest absolute Gasteiger partial charge is 0.462 e. The molecule has 1 aromatic rings. The molecule has 4 aliphatic rings. The van der Waals surface area contributed by atoms with Crippen LogP contribution >= 0.6 is 0 Å². The molecule has 28 heavy (non-hydrogen) atoms. The standard InChI is InChI=1S/C24H32O4/c1-4-14(2)23(25)28-22-19-10-17-11-20(22)13-18(12-19)21(17)24(26)27-15(3)16-8-6-5-7-9-16/h5-9,14-15,17-22H,4,10-13H2,1-3H3. The van der Waals surface area contributed by atoms with Crippen LogP contribution in [0.2, 0.25) is 0 Å². The van der Waals surface area contributed by atoms with Crippen LogP contribution in [0.5, 0.6) is 0 Å². The van der Waals surface area contributed by atoms with Crippen molar-refractivity contribution in [1.29, 1.82) is 0 Å². The van der Waals surface area contributed by atoms with E-state index in [0.717, 1.165) is 37.7 Å². The Kier molecular flexibility index (Phi) is 5.48. The van der Waals surface area contributed by atoms with Crippen molar-refractivity contribution in [3.05, 3.63) is 35.9 Å². The van der Waals surface area contributed by atoms with Crippen molar-refractivity contribution < 1.29 is 19.1 Å². The lowest BCUT2D eigenvalue weighted by atomic mass is 9.50. The van der Waals surface area contributed by atoms with Gasteiger partial charge in [-0.1, -0.05) is 44.2 Å². The van der Waals surface area contributed by atoms with E-state index in [-0.39, 0.29) is 36.0 Å². The first kappa shape index (κ1) is 19.5. The van der Waals surface area contributed by atoms with Crippen LogP contribution < -0.4 is 0 Å². The highest BCUT2D eigenvalue weighted by Gasteiger charge is 2.56. The summed E-state index contributed by atoms with van der Waals surface area (Å²) in [6.07, 6.45) is 4.63. The summed E-state index contributed by atoms with van der Waals surface area (Å²) in [6, 6.07) is 9.93.